The highest BCUT2D eigenvalue weighted by atomic mass is 19.4. The molecule has 3 aromatic rings. The van der Waals surface area contributed by atoms with Crippen LogP contribution in [0.2, 0.25) is 0 Å². The van der Waals surface area contributed by atoms with Gasteiger partial charge in [0.15, 0.2) is 5.60 Å². The van der Waals surface area contributed by atoms with Crippen LogP contribution in [0.25, 0.3) is 0 Å². The van der Waals surface area contributed by atoms with E-state index in [1.807, 2.05) is 25.1 Å². The number of hydrogen-bond donors (Lipinski definition) is 1. The zero-order valence-corrected chi connectivity index (χ0v) is 15.2. The van der Waals surface area contributed by atoms with Gasteiger partial charge in [0.2, 0.25) is 0 Å². The molecule has 0 amide bonds. The third-order valence-corrected chi connectivity index (χ3v) is 5.12. The highest BCUT2D eigenvalue weighted by Gasteiger charge is 2.47. The van der Waals surface area contributed by atoms with Crippen LogP contribution in [-0.2, 0) is 18.2 Å². The number of alkyl halides is 3. The number of fused-ring (bicyclic) bond motifs is 1. The van der Waals surface area contributed by atoms with Crippen molar-refractivity contribution in [3.8, 4) is 0 Å². The molecule has 1 heterocycles. The second-order valence-electron chi connectivity index (χ2n) is 6.79. The average molecular weight is 381 g/mol. The highest BCUT2D eigenvalue weighted by molar-refractivity contribution is 6.13. The Morgan fingerprint density at radius 3 is 2.18 bits per heavy atom. The summed E-state index contributed by atoms with van der Waals surface area (Å²) in [5.41, 5.74) is -0.346. The van der Waals surface area contributed by atoms with Gasteiger partial charge in [-0.1, -0.05) is 73.7 Å². The van der Waals surface area contributed by atoms with E-state index in [0.29, 0.717) is 11.1 Å². The largest absolute Gasteiger partial charge is 0.418 e. The topological polar surface area (TPSA) is 32.6 Å². The number of halogens is 3. The summed E-state index contributed by atoms with van der Waals surface area (Å²) in [6, 6.07) is 19.9. The minimum atomic E-state index is -4.56. The monoisotopic (exact) mass is 381 g/mol. The van der Waals surface area contributed by atoms with Gasteiger partial charge in [0, 0.05) is 5.56 Å². The molecule has 3 aromatic carbocycles. The first-order valence-electron chi connectivity index (χ1n) is 9.02. The third-order valence-electron chi connectivity index (χ3n) is 5.12. The van der Waals surface area contributed by atoms with Crippen LogP contribution < -0.4 is 0 Å². The molecule has 0 saturated heterocycles. The molecule has 0 spiro atoms. The Kier molecular flexibility index (Phi) is 4.35. The van der Waals surface area contributed by atoms with Gasteiger partial charge < -0.3 is 5.11 Å². The summed E-state index contributed by atoms with van der Waals surface area (Å²) in [4.78, 5) is 4.31. The lowest BCUT2D eigenvalue weighted by Crippen LogP contribution is -2.35. The number of aliphatic imine (C=N–C) groups is 1. The minimum Gasteiger partial charge on any atom is -0.374 e. The number of hydrogen-bond acceptors (Lipinski definition) is 2. The van der Waals surface area contributed by atoms with Crippen molar-refractivity contribution in [3.05, 3.63) is 101 Å². The number of aryl methyl sites for hydroxylation is 1. The van der Waals surface area contributed by atoms with E-state index in [4.69, 9.17) is 0 Å². The maximum atomic E-state index is 13.6. The van der Waals surface area contributed by atoms with Gasteiger partial charge >= 0.3 is 6.18 Å². The van der Waals surface area contributed by atoms with Crippen LogP contribution in [0, 0.1) is 0 Å². The Labute approximate surface area is 161 Å². The Balaban J connectivity index is 1.99. The van der Waals surface area contributed by atoms with Crippen molar-refractivity contribution in [2.75, 3.05) is 0 Å². The van der Waals surface area contributed by atoms with Gasteiger partial charge in [-0.2, -0.15) is 13.2 Å². The number of para-hydroxylation sites is 1. The molecule has 0 radical (unpaired) electrons. The van der Waals surface area contributed by atoms with Crippen molar-refractivity contribution in [2.24, 2.45) is 4.99 Å². The summed E-state index contributed by atoms with van der Waals surface area (Å²) in [6.07, 6.45) is -3.74. The average Bonchev–Trinajstić information content (AvgIpc) is 3.02. The normalized spacial score (nSPS) is 18.7. The number of aliphatic hydroxyl groups is 1. The maximum absolute atomic E-state index is 13.6. The third kappa shape index (κ3) is 2.83. The molecule has 5 heteroatoms. The molecule has 0 aliphatic carbocycles. The van der Waals surface area contributed by atoms with Crippen molar-refractivity contribution in [3.63, 3.8) is 0 Å². The molecule has 1 aliphatic heterocycles. The fourth-order valence-corrected chi connectivity index (χ4v) is 3.65. The van der Waals surface area contributed by atoms with Gasteiger partial charge in [-0.3, -0.25) is 0 Å². The molecule has 1 atom stereocenters. The van der Waals surface area contributed by atoms with Crippen LogP contribution in [0.4, 0.5) is 18.9 Å². The first-order valence-corrected chi connectivity index (χ1v) is 9.02. The SMILES string of the molecule is CCc1ccc(C2(O)C(c3ccccc3)=Nc3c(C(F)(F)F)cccc32)cc1. The van der Waals surface area contributed by atoms with Gasteiger partial charge in [0.05, 0.1) is 17.0 Å². The van der Waals surface area contributed by atoms with E-state index in [1.54, 1.807) is 36.4 Å². The molecule has 0 saturated carbocycles. The number of benzene rings is 3. The molecule has 0 aromatic heterocycles. The van der Waals surface area contributed by atoms with Crippen LogP contribution in [0.3, 0.4) is 0 Å². The van der Waals surface area contributed by atoms with Crippen LogP contribution in [-0.4, -0.2) is 10.8 Å². The molecule has 1 N–H and O–H groups in total. The molecular weight excluding hydrogens is 363 g/mol. The summed E-state index contributed by atoms with van der Waals surface area (Å²) in [7, 11) is 0. The first-order chi connectivity index (χ1) is 13.4. The van der Waals surface area contributed by atoms with E-state index in [9.17, 15) is 18.3 Å². The van der Waals surface area contributed by atoms with Gasteiger partial charge in [-0.25, -0.2) is 4.99 Å². The molecule has 1 aliphatic rings. The van der Waals surface area contributed by atoms with E-state index in [1.165, 1.54) is 12.1 Å². The quantitative estimate of drug-likeness (QED) is 0.626. The lowest BCUT2D eigenvalue weighted by Gasteiger charge is -2.27. The number of rotatable bonds is 3. The molecule has 0 bridgehead atoms. The molecule has 4 rings (SSSR count). The predicted molar refractivity (Wildman–Crippen MR) is 103 cm³/mol. The summed E-state index contributed by atoms with van der Waals surface area (Å²) in [6.45, 7) is 2.01. The van der Waals surface area contributed by atoms with E-state index in [2.05, 4.69) is 4.99 Å². The van der Waals surface area contributed by atoms with E-state index in [0.717, 1.165) is 18.1 Å². The smallest absolute Gasteiger partial charge is 0.374 e. The Bertz CT molecular complexity index is 1040. The second kappa shape index (κ2) is 6.60. The van der Waals surface area contributed by atoms with Crippen LogP contribution in [0.15, 0.2) is 77.8 Å². The molecular formula is C23H18F3NO. The lowest BCUT2D eigenvalue weighted by atomic mass is 9.80. The van der Waals surface area contributed by atoms with Gasteiger partial charge in [-0.15, -0.1) is 0 Å². The van der Waals surface area contributed by atoms with E-state index < -0.39 is 17.3 Å². The van der Waals surface area contributed by atoms with Crippen molar-refractivity contribution in [1.82, 2.24) is 0 Å². The van der Waals surface area contributed by atoms with Crippen LogP contribution in [0.1, 0.15) is 34.7 Å². The second-order valence-corrected chi connectivity index (χ2v) is 6.79. The minimum absolute atomic E-state index is 0.144. The van der Waals surface area contributed by atoms with Crippen molar-refractivity contribution < 1.29 is 18.3 Å². The summed E-state index contributed by atoms with van der Waals surface area (Å²) < 4.78 is 40.7. The Morgan fingerprint density at radius 1 is 0.893 bits per heavy atom. The molecule has 2 nitrogen and oxygen atoms in total. The highest BCUT2D eigenvalue weighted by Crippen LogP contribution is 2.49. The predicted octanol–water partition coefficient (Wildman–Crippen LogP) is 5.64. The van der Waals surface area contributed by atoms with Crippen molar-refractivity contribution in [1.29, 1.82) is 0 Å². The van der Waals surface area contributed by atoms with Gasteiger partial charge in [0.1, 0.15) is 0 Å². The summed E-state index contributed by atoms with van der Waals surface area (Å²) >= 11 is 0. The standard InChI is InChI=1S/C23H18F3NO/c1-2-15-11-13-17(14-12-15)22(28)18-9-6-10-19(23(24,25)26)20(18)27-21(22)16-7-4-3-5-8-16/h3-14,28H,2H2,1H3. The Hall–Kier alpha value is -2.92. The fraction of sp³-hybridized carbons (Fsp3) is 0.174. The van der Waals surface area contributed by atoms with Gasteiger partial charge in [-0.05, 0) is 29.2 Å². The van der Waals surface area contributed by atoms with Crippen LogP contribution in [0.5, 0.6) is 0 Å². The molecule has 28 heavy (non-hydrogen) atoms. The number of nitrogens with zero attached hydrogens (tertiary/aromatic N) is 1. The Morgan fingerprint density at radius 2 is 1.57 bits per heavy atom. The van der Waals surface area contributed by atoms with E-state index in [-0.39, 0.29) is 17.0 Å². The zero-order chi connectivity index (χ0) is 19.9. The van der Waals surface area contributed by atoms with Crippen LogP contribution >= 0.6 is 0 Å². The summed E-state index contributed by atoms with van der Waals surface area (Å²) in [5.74, 6) is 0. The lowest BCUT2D eigenvalue weighted by molar-refractivity contribution is -0.137. The molecule has 0 fully saturated rings. The first kappa shape index (κ1) is 18.4. The van der Waals surface area contributed by atoms with Gasteiger partial charge in [0.25, 0.3) is 0 Å². The zero-order valence-electron chi connectivity index (χ0n) is 15.2. The van der Waals surface area contributed by atoms with E-state index >= 15 is 0 Å². The fourth-order valence-electron chi connectivity index (χ4n) is 3.65. The molecule has 1 unspecified atom stereocenters. The maximum Gasteiger partial charge on any atom is 0.418 e. The molecule has 142 valence electrons. The van der Waals surface area contributed by atoms with Crippen molar-refractivity contribution >= 4 is 11.4 Å². The van der Waals surface area contributed by atoms with Crippen molar-refractivity contribution in [2.45, 2.75) is 25.1 Å². The summed E-state index contributed by atoms with van der Waals surface area (Å²) in [5, 5.41) is 11.8.